The Kier molecular flexibility index (Phi) is 4.82. The van der Waals surface area contributed by atoms with Crippen molar-refractivity contribution in [1.29, 1.82) is 0 Å². The van der Waals surface area contributed by atoms with Crippen LogP contribution in [-0.4, -0.2) is 63.3 Å². The molecule has 0 N–H and O–H groups in total. The Morgan fingerprint density at radius 3 is 2.32 bits per heavy atom. The van der Waals surface area contributed by atoms with Crippen molar-refractivity contribution >= 4 is 34.6 Å². The summed E-state index contributed by atoms with van der Waals surface area (Å²) in [4.78, 5) is 51.7. The van der Waals surface area contributed by atoms with E-state index < -0.39 is 0 Å². The minimum atomic E-state index is -0.290. The Hall–Kier alpha value is -3.81. The number of rotatable bonds is 3. The molecule has 5 rings (SSSR count). The molecule has 4 amide bonds. The number of benzene rings is 2. The Bertz CT molecular complexity index is 1160. The van der Waals surface area contributed by atoms with E-state index in [0.717, 1.165) is 5.52 Å². The lowest BCUT2D eigenvalue weighted by atomic mass is 10.0. The standard InChI is InChI=1S/C23H21N5O3/c29-21-15-27(23(31)28(21)17-6-2-1-3-7-17)16-10-12-26(13-11-16)22(30)20-14-24-18-8-4-5-9-19(18)25-20/h1-9,14,16H,10-13,15H2. The van der Waals surface area contributed by atoms with Gasteiger partial charge < -0.3 is 9.80 Å². The van der Waals surface area contributed by atoms with Gasteiger partial charge in [-0.15, -0.1) is 0 Å². The van der Waals surface area contributed by atoms with Crippen molar-refractivity contribution in [1.82, 2.24) is 19.8 Å². The molecule has 0 atom stereocenters. The Morgan fingerprint density at radius 2 is 1.58 bits per heavy atom. The summed E-state index contributed by atoms with van der Waals surface area (Å²) in [5, 5.41) is 0. The molecule has 0 unspecified atom stereocenters. The number of para-hydroxylation sites is 3. The van der Waals surface area contributed by atoms with Gasteiger partial charge >= 0.3 is 6.03 Å². The van der Waals surface area contributed by atoms with E-state index >= 15 is 0 Å². The molecule has 156 valence electrons. The molecule has 8 heteroatoms. The van der Waals surface area contributed by atoms with Crippen molar-refractivity contribution in [2.45, 2.75) is 18.9 Å². The van der Waals surface area contributed by atoms with E-state index in [2.05, 4.69) is 9.97 Å². The molecule has 3 heterocycles. The minimum absolute atomic E-state index is 0.0719. The number of imide groups is 1. The van der Waals surface area contributed by atoms with Crippen LogP contribution in [0.5, 0.6) is 0 Å². The van der Waals surface area contributed by atoms with Crippen molar-refractivity contribution in [3.63, 3.8) is 0 Å². The van der Waals surface area contributed by atoms with Gasteiger partial charge in [0.25, 0.3) is 11.8 Å². The van der Waals surface area contributed by atoms with Crippen LogP contribution in [0.1, 0.15) is 23.3 Å². The molecule has 2 aliphatic heterocycles. The number of likely N-dealkylation sites (tertiary alicyclic amines) is 1. The zero-order chi connectivity index (χ0) is 21.4. The maximum Gasteiger partial charge on any atom is 0.332 e. The Morgan fingerprint density at radius 1 is 0.903 bits per heavy atom. The fourth-order valence-electron chi connectivity index (χ4n) is 4.24. The summed E-state index contributed by atoms with van der Waals surface area (Å²) in [5.74, 6) is -0.382. The fraction of sp³-hybridized carbons (Fsp3) is 0.261. The number of carbonyl (C=O) groups excluding carboxylic acids is 3. The number of aromatic nitrogens is 2. The predicted octanol–water partition coefficient (Wildman–Crippen LogP) is 2.70. The molecule has 0 radical (unpaired) electrons. The van der Waals surface area contributed by atoms with E-state index in [1.807, 2.05) is 30.3 Å². The molecule has 2 fully saturated rings. The lowest BCUT2D eigenvalue weighted by molar-refractivity contribution is -0.116. The maximum absolute atomic E-state index is 12.9. The van der Waals surface area contributed by atoms with Gasteiger partial charge in [-0.05, 0) is 37.1 Å². The molecule has 2 aliphatic rings. The lowest BCUT2D eigenvalue weighted by Crippen LogP contribution is -2.48. The monoisotopic (exact) mass is 415 g/mol. The summed E-state index contributed by atoms with van der Waals surface area (Å²) in [7, 11) is 0. The third kappa shape index (κ3) is 3.50. The molecule has 8 nitrogen and oxygen atoms in total. The van der Waals surface area contributed by atoms with Crippen LogP contribution in [0.3, 0.4) is 0 Å². The maximum atomic E-state index is 12.9. The van der Waals surface area contributed by atoms with Crippen LogP contribution >= 0.6 is 0 Å². The van der Waals surface area contributed by atoms with Gasteiger partial charge in [-0.2, -0.15) is 0 Å². The van der Waals surface area contributed by atoms with E-state index in [4.69, 9.17) is 0 Å². The number of urea groups is 1. The molecule has 0 aliphatic carbocycles. The molecule has 3 aromatic rings. The molecule has 0 bridgehead atoms. The number of amides is 4. The Labute approximate surface area is 179 Å². The number of nitrogens with zero attached hydrogens (tertiary/aromatic N) is 5. The number of anilines is 1. The number of carbonyl (C=O) groups is 3. The third-order valence-corrected chi connectivity index (χ3v) is 5.87. The first-order valence-corrected chi connectivity index (χ1v) is 10.3. The lowest BCUT2D eigenvalue weighted by Gasteiger charge is -2.36. The van der Waals surface area contributed by atoms with Crippen LogP contribution in [0.15, 0.2) is 60.8 Å². The Balaban J connectivity index is 1.25. The summed E-state index contributed by atoms with van der Waals surface area (Å²) in [6, 6.07) is 16.0. The molecule has 1 aromatic heterocycles. The van der Waals surface area contributed by atoms with Gasteiger partial charge in [0, 0.05) is 19.1 Å². The number of hydrogen-bond acceptors (Lipinski definition) is 5. The molecule has 2 aromatic carbocycles. The highest BCUT2D eigenvalue weighted by atomic mass is 16.2. The number of hydrogen-bond donors (Lipinski definition) is 0. The van der Waals surface area contributed by atoms with Gasteiger partial charge in [0.15, 0.2) is 0 Å². The van der Waals surface area contributed by atoms with Crippen LogP contribution in [-0.2, 0) is 4.79 Å². The van der Waals surface area contributed by atoms with Gasteiger partial charge in [0.05, 0.1) is 22.9 Å². The van der Waals surface area contributed by atoms with E-state index in [-0.39, 0.29) is 30.4 Å². The normalized spacial score (nSPS) is 17.6. The quantitative estimate of drug-likeness (QED) is 0.614. The second-order valence-electron chi connectivity index (χ2n) is 7.74. The highest BCUT2D eigenvalue weighted by Gasteiger charge is 2.41. The van der Waals surface area contributed by atoms with Crippen LogP contribution < -0.4 is 4.90 Å². The van der Waals surface area contributed by atoms with E-state index in [9.17, 15) is 14.4 Å². The molecular weight excluding hydrogens is 394 g/mol. The number of fused-ring (bicyclic) bond motifs is 1. The molecule has 2 saturated heterocycles. The first-order valence-electron chi connectivity index (χ1n) is 10.3. The summed E-state index contributed by atoms with van der Waals surface area (Å²) in [6.45, 7) is 1.07. The second kappa shape index (κ2) is 7.79. The minimum Gasteiger partial charge on any atom is -0.337 e. The average molecular weight is 415 g/mol. The van der Waals surface area contributed by atoms with Crippen LogP contribution in [0.25, 0.3) is 11.0 Å². The fourth-order valence-corrected chi connectivity index (χ4v) is 4.24. The van der Waals surface area contributed by atoms with Crippen molar-refractivity contribution in [3.05, 3.63) is 66.5 Å². The van der Waals surface area contributed by atoms with Gasteiger partial charge in [0.2, 0.25) is 0 Å². The molecule has 0 saturated carbocycles. The summed E-state index contributed by atoms with van der Waals surface area (Å²) in [5.41, 5.74) is 2.34. The highest BCUT2D eigenvalue weighted by molar-refractivity contribution is 6.19. The second-order valence-corrected chi connectivity index (χ2v) is 7.74. The van der Waals surface area contributed by atoms with Crippen LogP contribution in [0.2, 0.25) is 0 Å². The van der Waals surface area contributed by atoms with E-state index in [1.165, 1.54) is 11.1 Å². The SMILES string of the molecule is O=C(c1cnc2ccccc2n1)N1CCC(N2CC(=O)N(c3ccccc3)C2=O)CC1. The average Bonchev–Trinajstić information content (AvgIpc) is 3.12. The highest BCUT2D eigenvalue weighted by Crippen LogP contribution is 2.26. The van der Waals surface area contributed by atoms with Gasteiger partial charge in [0.1, 0.15) is 12.2 Å². The largest absolute Gasteiger partial charge is 0.337 e. The van der Waals surface area contributed by atoms with E-state index in [0.29, 0.717) is 42.8 Å². The third-order valence-electron chi connectivity index (χ3n) is 5.87. The van der Waals surface area contributed by atoms with Crippen LogP contribution in [0, 0.1) is 0 Å². The number of piperidine rings is 1. The first kappa shape index (κ1) is 19.2. The van der Waals surface area contributed by atoms with Crippen LogP contribution in [0.4, 0.5) is 10.5 Å². The first-order chi connectivity index (χ1) is 15.1. The van der Waals surface area contributed by atoms with Gasteiger partial charge in [-0.1, -0.05) is 30.3 Å². The zero-order valence-corrected chi connectivity index (χ0v) is 16.8. The summed E-state index contributed by atoms with van der Waals surface area (Å²) in [6.07, 6.45) is 2.75. The summed E-state index contributed by atoms with van der Waals surface area (Å²) >= 11 is 0. The van der Waals surface area contributed by atoms with Crippen molar-refractivity contribution < 1.29 is 14.4 Å². The summed E-state index contributed by atoms with van der Waals surface area (Å²) < 4.78 is 0. The van der Waals surface area contributed by atoms with E-state index in [1.54, 1.807) is 34.1 Å². The predicted molar refractivity (Wildman–Crippen MR) is 114 cm³/mol. The van der Waals surface area contributed by atoms with Crippen molar-refractivity contribution in [2.75, 3.05) is 24.5 Å². The van der Waals surface area contributed by atoms with Gasteiger partial charge in [-0.25, -0.2) is 14.7 Å². The topological polar surface area (TPSA) is 86.7 Å². The molecule has 0 spiro atoms. The zero-order valence-electron chi connectivity index (χ0n) is 16.8. The van der Waals surface area contributed by atoms with Gasteiger partial charge in [-0.3, -0.25) is 14.6 Å². The van der Waals surface area contributed by atoms with Crippen molar-refractivity contribution in [3.8, 4) is 0 Å². The smallest absolute Gasteiger partial charge is 0.332 e. The molecular formula is C23H21N5O3. The molecule has 31 heavy (non-hydrogen) atoms. The van der Waals surface area contributed by atoms with Crippen molar-refractivity contribution in [2.24, 2.45) is 0 Å².